The molecule has 23 aromatic rings. The van der Waals surface area contributed by atoms with E-state index in [0.29, 0.717) is 0 Å². The molecule has 0 unspecified atom stereocenters. The van der Waals surface area contributed by atoms with E-state index < -0.39 is 10.8 Å². The number of para-hydroxylation sites is 2. The first-order valence-electron chi connectivity index (χ1n) is 43.7. The Labute approximate surface area is 745 Å². The molecule has 0 atom stereocenters. The molecule has 25 rings (SSSR count). The minimum absolute atomic E-state index is 0.509. The summed E-state index contributed by atoms with van der Waals surface area (Å²) in [4.78, 5) is 4.86. The van der Waals surface area contributed by atoms with Crippen molar-refractivity contribution in [3.05, 3.63) is 524 Å². The molecule has 0 bridgehead atoms. The predicted octanol–water partition coefficient (Wildman–Crippen LogP) is 33.5. The average molecular weight is 1650 g/mol. The molecule has 2 aliphatic carbocycles. The van der Waals surface area contributed by atoms with Crippen LogP contribution in [-0.4, -0.2) is 4.57 Å². The Morgan fingerprint density at radius 3 is 1.03 bits per heavy atom. The van der Waals surface area contributed by atoms with E-state index in [0.717, 1.165) is 67.6 Å². The summed E-state index contributed by atoms with van der Waals surface area (Å²) in [6.07, 6.45) is 0. The molecular formula is C122H79N3S2. The monoisotopic (exact) mass is 1650 g/mol. The van der Waals surface area contributed by atoms with Crippen LogP contribution in [0.25, 0.3) is 146 Å². The molecule has 0 saturated carbocycles. The number of aromatic nitrogens is 1. The third-order valence-corrected chi connectivity index (χ3v) is 29.4. The fourth-order valence-corrected chi connectivity index (χ4v) is 23.6. The lowest BCUT2D eigenvalue weighted by Crippen LogP contribution is -2.28. The fourth-order valence-electron chi connectivity index (χ4n) is 21.3. The van der Waals surface area contributed by atoms with Crippen LogP contribution in [-0.2, 0) is 10.8 Å². The Morgan fingerprint density at radius 2 is 0.520 bits per heavy atom. The van der Waals surface area contributed by atoms with Gasteiger partial charge in [0.2, 0.25) is 0 Å². The number of fused-ring (bicyclic) bond motifs is 15. The van der Waals surface area contributed by atoms with Crippen molar-refractivity contribution in [3.8, 4) is 83.6 Å². The van der Waals surface area contributed by atoms with Gasteiger partial charge in [0.05, 0.1) is 21.9 Å². The average Bonchev–Trinajstić information content (AvgIpc) is 1.55. The molecule has 0 N–H and O–H groups in total. The van der Waals surface area contributed by atoms with Gasteiger partial charge < -0.3 is 14.4 Å². The minimum Gasteiger partial charge on any atom is -0.310 e. The zero-order chi connectivity index (χ0) is 83.7. The molecule has 0 amide bonds. The molecule has 0 fully saturated rings. The highest BCUT2D eigenvalue weighted by Crippen LogP contribution is 2.59. The van der Waals surface area contributed by atoms with Crippen LogP contribution in [0.1, 0.15) is 44.5 Å². The van der Waals surface area contributed by atoms with Crippen LogP contribution in [0.3, 0.4) is 0 Å². The maximum Gasteiger partial charge on any atom is 0.0713 e. The lowest BCUT2D eigenvalue weighted by molar-refractivity contribution is 0.768. The van der Waals surface area contributed by atoms with Crippen LogP contribution in [0, 0.1) is 0 Å². The van der Waals surface area contributed by atoms with Gasteiger partial charge in [0.15, 0.2) is 0 Å². The molecule has 0 spiro atoms. The summed E-state index contributed by atoms with van der Waals surface area (Å²) in [7, 11) is 0. The summed E-state index contributed by atoms with van der Waals surface area (Å²) in [6.45, 7) is 0. The largest absolute Gasteiger partial charge is 0.310 e. The van der Waals surface area contributed by atoms with Crippen LogP contribution >= 0.6 is 22.7 Å². The molecule has 127 heavy (non-hydrogen) atoms. The highest BCUT2D eigenvalue weighted by molar-refractivity contribution is 7.26. The molecule has 0 radical (unpaired) electrons. The molecule has 3 aromatic heterocycles. The third kappa shape index (κ3) is 11.9. The van der Waals surface area contributed by atoms with Crippen LogP contribution in [0.4, 0.5) is 34.1 Å². The van der Waals surface area contributed by atoms with Crippen molar-refractivity contribution in [2.75, 3.05) is 9.80 Å². The maximum absolute atomic E-state index is 2.44. The van der Waals surface area contributed by atoms with E-state index >= 15 is 0 Å². The first-order valence-corrected chi connectivity index (χ1v) is 45.4. The quantitative estimate of drug-likeness (QED) is 0.0955. The topological polar surface area (TPSA) is 11.4 Å². The van der Waals surface area contributed by atoms with Gasteiger partial charge in [0.1, 0.15) is 0 Å². The molecule has 2 aliphatic rings. The van der Waals surface area contributed by atoms with Crippen LogP contribution in [0.5, 0.6) is 0 Å². The molecule has 0 aliphatic heterocycles. The summed E-state index contributed by atoms with van der Waals surface area (Å²) in [6, 6.07) is 179. The number of hydrogen-bond donors (Lipinski definition) is 0. The van der Waals surface area contributed by atoms with E-state index in [1.807, 2.05) is 22.7 Å². The normalized spacial score (nSPS) is 12.9. The smallest absolute Gasteiger partial charge is 0.0713 e. The highest BCUT2D eigenvalue weighted by atomic mass is 32.1. The second-order valence-electron chi connectivity index (χ2n) is 33.7. The minimum atomic E-state index is -0.525. The van der Waals surface area contributed by atoms with Gasteiger partial charge in [-0.05, 0) is 244 Å². The summed E-state index contributed by atoms with van der Waals surface area (Å²) < 4.78 is 7.52. The molecule has 0 saturated heterocycles. The van der Waals surface area contributed by atoms with Gasteiger partial charge in [-0.2, -0.15) is 0 Å². The van der Waals surface area contributed by atoms with Gasteiger partial charge in [0.25, 0.3) is 0 Å². The van der Waals surface area contributed by atoms with E-state index in [4.69, 9.17) is 0 Å². The van der Waals surface area contributed by atoms with Crippen molar-refractivity contribution < 1.29 is 0 Å². The van der Waals surface area contributed by atoms with Gasteiger partial charge in [-0.3, -0.25) is 0 Å². The zero-order valence-electron chi connectivity index (χ0n) is 69.3. The SMILES string of the molecule is c1ccc(C2(c3ccc(N(c4ccc(-c5ccc(-c6ccc7c(c6)sc6c(-c8cccc(N(c9ccc(-c%10ccc(-n%11c%12ccccc%12c%12ccccc%12%11)cc%10)cc9)c9ccc(C%10(c%11ccccc%11)c%11ccccc%11-c%11ccccc%11%10)cc9)c8)cccc67)cc5)cc4)c4cccc(-c5ccc6sc7ccccc7c6c5)c4)cc3)c3ccccc3-c3ccccc32)cc1. The first-order chi connectivity index (χ1) is 62.9. The lowest BCUT2D eigenvalue weighted by atomic mass is 9.68. The molecule has 3 heterocycles. The number of thiophene rings is 2. The van der Waals surface area contributed by atoms with Crippen LogP contribution in [0.15, 0.2) is 479 Å². The van der Waals surface area contributed by atoms with E-state index in [2.05, 4.69) is 494 Å². The van der Waals surface area contributed by atoms with Crippen LogP contribution < -0.4 is 9.80 Å². The van der Waals surface area contributed by atoms with Crippen molar-refractivity contribution in [1.29, 1.82) is 0 Å². The molecule has 3 nitrogen and oxygen atoms in total. The predicted molar refractivity (Wildman–Crippen MR) is 538 cm³/mol. The first kappa shape index (κ1) is 73.9. The number of hydrogen-bond acceptors (Lipinski definition) is 4. The zero-order valence-corrected chi connectivity index (χ0v) is 70.9. The summed E-state index contributed by atoms with van der Waals surface area (Å²) in [5.41, 5.74) is 35.9. The number of benzene rings is 20. The Balaban J connectivity index is 0.539. The third-order valence-electron chi connectivity index (χ3n) is 27.0. The standard InChI is InChI=1S/C122H79N3S2/c1-3-26-89(27-4-1)121(111-41-14-7-32-101(111)102-33-8-15-42-112(102)121)91-60-70-95(71-61-91)123(98-30-21-24-85(76-98)86-59-75-118-110(78-86)107-38-13-20-47-117(107)126-118)93-64-52-81(53-65-93)80-48-50-84(51-49-80)87-58-74-108-109-40-23-39-100(120(109)127-119(108)79-87)88-25-22-31-99(77-88)124(94-66-54-82(55-67-94)83-56-68-97(69-57-83)125-115-45-18-11-36-105(115)106-37-12-19-46-116(106)125)96-72-62-92(63-73-96)122(90-28-5-2-6-29-90)113-43-16-9-34-103(113)104-35-10-17-44-114(104)122/h1-79H. The lowest BCUT2D eigenvalue weighted by Gasteiger charge is -2.34. The summed E-state index contributed by atoms with van der Waals surface area (Å²) in [5.74, 6) is 0. The van der Waals surface area contributed by atoms with Crippen molar-refractivity contribution in [2.45, 2.75) is 10.8 Å². The number of anilines is 6. The van der Waals surface area contributed by atoms with Crippen LogP contribution in [0.2, 0.25) is 0 Å². The second kappa shape index (κ2) is 30.0. The second-order valence-corrected chi connectivity index (χ2v) is 35.8. The van der Waals surface area contributed by atoms with Gasteiger partial charge in [-0.1, -0.05) is 358 Å². The molecule has 594 valence electrons. The summed E-state index contributed by atoms with van der Waals surface area (Å²) >= 11 is 3.74. The fraction of sp³-hybridized carbons (Fsp3) is 0.0164. The van der Waals surface area contributed by atoms with E-state index in [-0.39, 0.29) is 0 Å². The molecule has 5 heteroatoms. The summed E-state index contributed by atoms with van der Waals surface area (Å²) in [5, 5.41) is 7.62. The number of rotatable bonds is 16. The Hall–Kier alpha value is -15.8. The van der Waals surface area contributed by atoms with Gasteiger partial charge in [-0.25, -0.2) is 0 Å². The van der Waals surface area contributed by atoms with E-state index in [9.17, 15) is 0 Å². The maximum atomic E-state index is 2.44. The highest BCUT2D eigenvalue weighted by Gasteiger charge is 2.48. The molecular weight excluding hydrogens is 1570 g/mol. The Morgan fingerprint density at radius 1 is 0.181 bits per heavy atom. The van der Waals surface area contributed by atoms with Gasteiger partial charge >= 0.3 is 0 Å². The Bertz CT molecular complexity index is 8080. The van der Waals surface area contributed by atoms with Crippen molar-refractivity contribution in [2.24, 2.45) is 0 Å². The van der Waals surface area contributed by atoms with Gasteiger partial charge in [-0.15, -0.1) is 22.7 Å². The van der Waals surface area contributed by atoms with Crippen molar-refractivity contribution in [1.82, 2.24) is 4.57 Å². The van der Waals surface area contributed by atoms with E-state index in [1.54, 1.807) is 0 Å². The molecule has 20 aromatic carbocycles. The number of nitrogens with zero attached hydrogens (tertiary/aromatic N) is 3. The van der Waals surface area contributed by atoms with E-state index in [1.165, 1.54) is 157 Å². The van der Waals surface area contributed by atoms with Crippen molar-refractivity contribution in [3.63, 3.8) is 0 Å². The van der Waals surface area contributed by atoms with Gasteiger partial charge in [0, 0.05) is 90.9 Å². The Kier molecular flexibility index (Phi) is 17.5. The van der Waals surface area contributed by atoms with Crippen molar-refractivity contribution >= 4 is 119 Å².